The second-order valence-corrected chi connectivity index (χ2v) is 5.47. The number of benzene rings is 2. The van der Waals surface area contributed by atoms with Gasteiger partial charge in [0.1, 0.15) is 0 Å². The van der Waals surface area contributed by atoms with Crippen LogP contribution in [0.5, 0.6) is 0 Å². The Morgan fingerprint density at radius 2 is 1.62 bits per heavy atom. The van der Waals surface area contributed by atoms with E-state index in [-0.39, 0.29) is 5.69 Å². The number of amides is 4. The van der Waals surface area contributed by atoms with Gasteiger partial charge in [0.25, 0.3) is 0 Å². The van der Waals surface area contributed by atoms with Crippen molar-refractivity contribution in [2.24, 2.45) is 5.73 Å². The van der Waals surface area contributed by atoms with Gasteiger partial charge in [-0.15, -0.1) is 0 Å². The third kappa shape index (κ3) is 5.13. The standard InChI is InChI=1S/C17H17F3N4O2/c1-10(11-6-8-12(9-7-11)23-15(21)25)22-16(26)24-14-5-3-2-4-13(14)17(18,19)20/h2-10H,1H3,(H3,21,23,25)(H2,22,24,26). The van der Waals surface area contributed by atoms with E-state index in [1.807, 2.05) is 0 Å². The highest BCUT2D eigenvalue weighted by atomic mass is 19.4. The summed E-state index contributed by atoms with van der Waals surface area (Å²) in [6.07, 6.45) is -4.57. The molecule has 138 valence electrons. The summed E-state index contributed by atoms with van der Waals surface area (Å²) in [6, 6.07) is 9.26. The van der Waals surface area contributed by atoms with Gasteiger partial charge in [-0.1, -0.05) is 24.3 Å². The molecule has 0 fully saturated rings. The summed E-state index contributed by atoms with van der Waals surface area (Å²) >= 11 is 0. The number of hydrogen-bond donors (Lipinski definition) is 4. The zero-order chi connectivity index (χ0) is 19.3. The van der Waals surface area contributed by atoms with Gasteiger partial charge in [-0.25, -0.2) is 9.59 Å². The molecule has 1 atom stereocenters. The number of anilines is 2. The molecule has 0 aliphatic rings. The van der Waals surface area contributed by atoms with E-state index in [4.69, 9.17) is 5.73 Å². The van der Waals surface area contributed by atoms with E-state index in [2.05, 4.69) is 16.0 Å². The van der Waals surface area contributed by atoms with E-state index in [1.165, 1.54) is 18.2 Å². The number of carbonyl (C=O) groups excluding carboxylic acids is 2. The van der Waals surface area contributed by atoms with Crippen LogP contribution in [0.25, 0.3) is 0 Å². The molecule has 1 unspecified atom stereocenters. The van der Waals surface area contributed by atoms with Crippen LogP contribution in [0.2, 0.25) is 0 Å². The molecule has 0 heterocycles. The van der Waals surface area contributed by atoms with Crippen molar-refractivity contribution in [1.82, 2.24) is 5.32 Å². The minimum Gasteiger partial charge on any atom is -0.351 e. The van der Waals surface area contributed by atoms with Gasteiger partial charge in [0.05, 0.1) is 17.3 Å². The predicted octanol–water partition coefficient (Wildman–Crippen LogP) is 4.08. The molecule has 2 aromatic rings. The first-order valence-electron chi connectivity index (χ1n) is 7.57. The Balaban J connectivity index is 2.03. The molecule has 0 aliphatic carbocycles. The van der Waals surface area contributed by atoms with Gasteiger partial charge >= 0.3 is 18.2 Å². The summed E-state index contributed by atoms with van der Waals surface area (Å²) in [4.78, 5) is 22.8. The molecule has 0 saturated heterocycles. The molecule has 26 heavy (non-hydrogen) atoms. The van der Waals surface area contributed by atoms with Gasteiger partial charge in [0, 0.05) is 5.69 Å². The zero-order valence-corrected chi connectivity index (χ0v) is 13.7. The first-order valence-corrected chi connectivity index (χ1v) is 7.57. The van der Waals surface area contributed by atoms with Crippen molar-refractivity contribution in [2.75, 3.05) is 10.6 Å². The van der Waals surface area contributed by atoms with Gasteiger partial charge in [-0.05, 0) is 36.8 Å². The van der Waals surface area contributed by atoms with Gasteiger partial charge < -0.3 is 21.7 Å². The number of para-hydroxylation sites is 1. The van der Waals surface area contributed by atoms with E-state index in [1.54, 1.807) is 31.2 Å². The number of primary amides is 1. The van der Waals surface area contributed by atoms with E-state index in [0.717, 1.165) is 6.07 Å². The summed E-state index contributed by atoms with van der Waals surface area (Å²) in [5, 5.41) is 7.16. The fraction of sp³-hybridized carbons (Fsp3) is 0.176. The Morgan fingerprint density at radius 1 is 1.00 bits per heavy atom. The molecule has 0 aliphatic heterocycles. The van der Waals surface area contributed by atoms with Gasteiger partial charge in [0.15, 0.2) is 0 Å². The van der Waals surface area contributed by atoms with Crippen molar-refractivity contribution in [3.05, 3.63) is 59.7 Å². The maximum absolute atomic E-state index is 12.9. The highest BCUT2D eigenvalue weighted by molar-refractivity contribution is 5.90. The monoisotopic (exact) mass is 366 g/mol. The maximum Gasteiger partial charge on any atom is 0.418 e. The lowest BCUT2D eigenvalue weighted by Gasteiger charge is -2.17. The fourth-order valence-electron chi connectivity index (χ4n) is 2.28. The quantitative estimate of drug-likeness (QED) is 0.656. The average Bonchev–Trinajstić information content (AvgIpc) is 2.54. The number of alkyl halides is 3. The van der Waals surface area contributed by atoms with E-state index < -0.39 is 29.8 Å². The van der Waals surface area contributed by atoms with Crippen molar-refractivity contribution in [1.29, 1.82) is 0 Å². The second-order valence-electron chi connectivity index (χ2n) is 5.47. The normalized spacial score (nSPS) is 12.2. The second kappa shape index (κ2) is 7.77. The smallest absolute Gasteiger partial charge is 0.351 e. The summed E-state index contributed by atoms with van der Waals surface area (Å²) in [5.74, 6) is 0. The molecule has 6 nitrogen and oxygen atoms in total. The zero-order valence-electron chi connectivity index (χ0n) is 13.7. The minimum atomic E-state index is -4.57. The number of halogens is 3. The molecule has 0 bridgehead atoms. The highest BCUT2D eigenvalue weighted by Gasteiger charge is 2.33. The number of nitrogens with two attached hydrogens (primary N) is 1. The highest BCUT2D eigenvalue weighted by Crippen LogP contribution is 2.34. The molecule has 0 spiro atoms. The molecule has 0 radical (unpaired) electrons. The number of urea groups is 2. The molecule has 2 aromatic carbocycles. The molecule has 9 heteroatoms. The van der Waals surface area contributed by atoms with E-state index in [0.29, 0.717) is 11.3 Å². The lowest BCUT2D eigenvalue weighted by molar-refractivity contribution is -0.136. The molecule has 4 amide bonds. The van der Waals surface area contributed by atoms with Crippen LogP contribution in [-0.4, -0.2) is 12.1 Å². The Hall–Kier alpha value is -3.23. The maximum atomic E-state index is 12.9. The molecule has 2 rings (SSSR count). The summed E-state index contributed by atoms with van der Waals surface area (Å²) in [7, 11) is 0. The van der Waals surface area contributed by atoms with Crippen LogP contribution < -0.4 is 21.7 Å². The van der Waals surface area contributed by atoms with Crippen LogP contribution in [0.15, 0.2) is 48.5 Å². The van der Waals surface area contributed by atoms with Gasteiger partial charge in [0.2, 0.25) is 0 Å². The van der Waals surface area contributed by atoms with Crippen LogP contribution in [0.4, 0.5) is 34.1 Å². The molecular formula is C17H17F3N4O2. The SMILES string of the molecule is CC(NC(=O)Nc1ccccc1C(F)(F)F)c1ccc(NC(N)=O)cc1. The topological polar surface area (TPSA) is 96.2 Å². The summed E-state index contributed by atoms with van der Waals surface area (Å²) in [5.41, 5.74) is 4.93. The largest absolute Gasteiger partial charge is 0.418 e. The Kier molecular flexibility index (Phi) is 5.71. The van der Waals surface area contributed by atoms with Crippen LogP contribution in [0.3, 0.4) is 0 Å². The molecular weight excluding hydrogens is 349 g/mol. The first kappa shape index (κ1) is 19.1. The number of nitrogens with one attached hydrogen (secondary N) is 3. The lowest BCUT2D eigenvalue weighted by Crippen LogP contribution is -2.31. The van der Waals surface area contributed by atoms with Crippen molar-refractivity contribution in [3.8, 4) is 0 Å². The third-order valence-electron chi connectivity index (χ3n) is 3.51. The van der Waals surface area contributed by atoms with Crippen molar-refractivity contribution in [2.45, 2.75) is 19.1 Å². The Morgan fingerprint density at radius 3 is 2.19 bits per heavy atom. The van der Waals surface area contributed by atoms with Crippen LogP contribution in [0.1, 0.15) is 24.1 Å². The minimum absolute atomic E-state index is 0.328. The van der Waals surface area contributed by atoms with E-state index in [9.17, 15) is 22.8 Å². The van der Waals surface area contributed by atoms with Crippen LogP contribution >= 0.6 is 0 Å². The number of carbonyl (C=O) groups is 2. The van der Waals surface area contributed by atoms with Crippen molar-refractivity contribution >= 4 is 23.4 Å². The fourth-order valence-corrected chi connectivity index (χ4v) is 2.28. The summed E-state index contributed by atoms with van der Waals surface area (Å²) in [6.45, 7) is 1.67. The van der Waals surface area contributed by atoms with Crippen LogP contribution in [0, 0.1) is 0 Å². The van der Waals surface area contributed by atoms with Gasteiger partial charge in [-0.2, -0.15) is 13.2 Å². The molecule has 5 N–H and O–H groups in total. The Bertz CT molecular complexity index is 791. The molecule has 0 aromatic heterocycles. The third-order valence-corrected chi connectivity index (χ3v) is 3.51. The summed E-state index contributed by atoms with van der Waals surface area (Å²) < 4.78 is 38.8. The van der Waals surface area contributed by atoms with Gasteiger partial charge in [-0.3, -0.25) is 0 Å². The van der Waals surface area contributed by atoms with Crippen molar-refractivity contribution in [3.63, 3.8) is 0 Å². The van der Waals surface area contributed by atoms with Crippen LogP contribution in [-0.2, 0) is 6.18 Å². The van der Waals surface area contributed by atoms with E-state index >= 15 is 0 Å². The molecule has 0 saturated carbocycles. The predicted molar refractivity (Wildman–Crippen MR) is 91.7 cm³/mol. The lowest BCUT2D eigenvalue weighted by atomic mass is 10.1. The first-order chi connectivity index (χ1) is 12.2. The number of hydrogen-bond acceptors (Lipinski definition) is 2. The van der Waals surface area contributed by atoms with Crippen molar-refractivity contribution < 1.29 is 22.8 Å². The number of rotatable bonds is 4. The Labute approximate surface area is 147 Å². The average molecular weight is 366 g/mol.